The minimum Gasteiger partial charge on any atom is -0.478 e. The fourth-order valence-electron chi connectivity index (χ4n) is 3.65. The van der Waals surface area contributed by atoms with Gasteiger partial charge in [-0.3, -0.25) is 0 Å². The van der Waals surface area contributed by atoms with Gasteiger partial charge in [-0.15, -0.1) is 0 Å². The molecule has 39 heavy (non-hydrogen) atoms. The summed E-state index contributed by atoms with van der Waals surface area (Å²) in [7, 11) is -15.7. The Morgan fingerprint density at radius 3 is 1.23 bits per heavy atom. The van der Waals surface area contributed by atoms with Gasteiger partial charge in [-0.25, -0.2) is 4.79 Å². The SMILES string of the molecule is C=C(C)C(=O)O.CCC(C(O)C(O)CO)[Si](O[Si](C)(C)C)(O[Si](C)(C)C)O[Si](C)(O[Si](C)(C)C)O[Si](C)(C)C. The lowest BCUT2D eigenvalue weighted by molar-refractivity contribution is -0.132. The van der Waals surface area contributed by atoms with Gasteiger partial charge in [0.15, 0.2) is 33.3 Å². The highest BCUT2D eigenvalue weighted by molar-refractivity contribution is 6.92. The van der Waals surface area contributed by atoms with Crippen LogP contribution in [0, 0.1) is 0 Å². The molecule has 0 aromatic rings. The van der Waals surface area contributed by atoms with Crippen molar-refractivity contribution in [2.45, 2.75) is 123 Å². The summed E-state index contributed by atoms with van der Waals surface area (Å²) in [5.74, 6) is -0.935. The first-order valence-electron chi connectivity index (χ1n) is 13.4. The maximum absolute atomic E-state index is 11.1. The molecule has 0 saturated carbocycles. The monoisotopic (exact) mass is 662 g/mol. The molecule has 0 aliphatic carbocycles. The molecule has 0 aliphatic rings. The van der Waals surface area contributed by atoms with E-state index < -0.39 is 81.2 Å². The zero-order chi connectivity index (χ0) is 31.8. The van der Waals surface area contributed by atoms with Crippen LogP contribution in [0.15, 0.2) is 12.2 Å². The zero-order valence-corrected chi connectivity index (χ0v) is 33.1. The van der Waals surface area contributed by atoms with Crippen LogP contribution in [0.1, 0.15) is 20.3 Å². The predicted octanol–water partition coefficient (Wildman–Crippen LogP) is 5.06. The first kappa shape index (κ1) is 41.3. The number of rotatable bonds is 16. The van der Waals surface area contributed by atoms with Gasteiger partial charge < -0.3 is 41.0 Å². The Hall–Kier alpha value is 0.191. The molecular weight excluding hydrogens is 605 g/mol. The second-order valence-electron chi connectivity index (χ2n) is 13.8. The van der Waals surface area contributed by atoms with Crippen molar-refractivity contribution in [1.29, 1.82) is 0 Å². The molecule has 3 atom stereocenters. The number of aliphatic hydroxyl groups excluding tert-OH is 3. The van der Waals surface area contributed by atoms with Crippen LogP contribution in [-0.2, 0) is 25.4 Å². The molecule has 0 heterocycles. The van der Waals surface area contributed by atoms with E-state index >= 15 is 0 Å². The topological polar surface area (TPSA) is 144 Å². The highest BCUT2D eigenvalue weighted by atomic mass is 28.5. The Morgan fingerprint density at radius 1 is 0.718 bits per heavy atom. The Balaban J connectivity index is 0. The number of carbonyl (C=O) groups is 1. The predicted molar refractivity (Wildman–Crippen MR) is 172 cm³/mol. The maximum atomic E-state index is 11.1. The molecule has 0 aromatic heterocycles. The molecule has 0 amide bonds. The highest BCUT2D eigenvalue weighted by Crippen LogP contribution is 2.41. The summed E-state index contributed by atoms with van der Waals surface area (Å²) in [5.41, 5.74) is -0.463. The lowest BCUT2D eigenvalue weighted by atomic mass is 10.1. The van der Waals surface area contributed by atoms with Crippen molar-refractivity contribution in [3.63, 3.8) is 0 Å². The minimum atomic E-state index is -3.71. The molecule has 0 aliphatic heterocycles. The smallest absolute Gasteiger partial charge is 0.478 e. The first-order chi connectivity index (χ1) is 17.0. The van der Waals surface area contributed by atoms with Gasteiger partial charge in [0, 0.05) is 12.1 Å². The van der Waals surface area contributed by atoms with E-state index in [0.717, 1.165) is 0 Å². The van der Waals surface area contributed by atoms with Crippen molar-refractivity contribution in [3.05, 3.63) is 12.2 Å². The molecule has 16 heteroatoms. The molecule has 0 rings (SSSR count). The second kappa shape index (κ2) is 15.6. The number of hydrogen-bond donors (Lipinski definition) is 4. The van der Waals surface area contributed by atoms with Crippen molar-refractivity contribution in [2.75, 3.05) is 6.61 Å². The third kappa shape index (κ3) is 18.4. The molecule has 0 saturated heterocycles. The van der Waals surface area contributed by atoms with Gasteiger partial charge in [-0.2, -0.15) is 0 Å². The summed E-state index contributed by atoms with van der Waals surface area (Å²) in [4.78, 5) is 9.60. The van der Waals surface area contributed by atoms with E-state index in [9.17, 15) is 20.1 Å². The second-order valence-corrected chi connectivity index (χ2v) is 38.4. The van der Waals surface area contributed by atoms with Crippen LogP contribution in [0.2, 0.25) is 90.7 Å². The van der Waals surface area contributed by atoms with E-state index in [1.165, 1.54) is 6.92 Å². The quantitative estimate of drug-likeness (QED) is 0.131. The van der Waals surface area contributed by atoms with Crippen LogP contribution in [0.4, 0.5) is 0 Å². The molecule has 4 N–H and O–H groups in total. The van der Waals surface area contributed by atoms with E-state index in [4.69, 9.17) is 25.7 Å². The molecule has 0 radical (unpaired) electrons. The van der Waals surface area contributed by atoms with Gasteiger partial charge in [-0.1, -0.05) is 13.5 Å². The molecule has 0 aromatic carbocycles. The third-order valence-corrected chi connectivity index (χ3v) is 23.8. The van der Waals surface area contributed by atoms with Crippen LogP contribution < -0.4 is 0 Å². The summed E-state index contributed by atoms with van der Waals surface area (Å²) in [6.45, 7) is 32.8. The number of carboxylic acids is 1. The van der Waals surface area contributed by atoms with Gasteiger partial charge in [-0.05, 0) is 91.9 Å². The lowest BCUT2D eigenvalue weighted by Crippen LogP contribution is -2.69. The average Bonchev–Trinajstić information content (AvgIpc) is 2.61. The summed E-state index contributed by atoms with van der Waals surface area (Å²) in [6, 6.07) is 0. The van der Waals surface area contributed by atoms with E-state index in [-0.39, 0.29) is 5.57 Å². The van der Waals surface area contributed by atoms with Gasteiger partial charge in [0.2, 0.25) is 0 Å². The van der Waals surface area contributed by atoms with Crippen molar-refractivity contribution >= 4 is 56.8 Å². The fraction of sp³-hybridized carbons (Fsp3) is 0.870. The van der Waals surface area contributed by atoms with Crippen molar-refractivity contribution in [1.82, 2.24) is 0 Å². The molecular formula is C23H58O10Si6. The molecule has 234 valence electrons. The van der Waals surface area contributed by atoms with Crippen LogP contribution in [0.5, 0.6) is 0 Å². The molecule has 0 fully saturated rings. The molecule has 0 bridgehead atoms. The standard InChI is InChI=1S/C19H52O8Si6.C4H6O2/c1-15-18(19(22)17(21)16-20)33(25-30(8,9)10,26-31(11,12)13)27-32(14,23-28(2,3)4)24-29(5,6)7;1-3(2)4(5)6/h17-22H,15-16H2,1-14H3;1H2,2H3,(H,5,6). The van der Waals surface area contributed by atoms with Crippen LogP contribution in [0.25, 0.3) is 0 Å². The molecule has 0 spiro atoms. The van der Waals surface area contributed by atoms with Crippen molar-refractivity contribution < 1.29 is 45.8 Å². The number of aliphatic hydroxyl groups is 3. The van der Waals surface area contributed by atoms with Gasteiger partial charge in [0.25, 0.3) is 0 Å². The van der Waals surface area contributed by atoms with Crippen molar-refractivity contribution in [2.24, 2.45) is 0 Å². The van der Waals surface area contributed by atoms with Crippen LogP contribution in [0.3, 0.4) is 0 Å². The number of aliphatic carboxylic acids is 1. The molecule has 3 unspecified atom stereocenters. The van der Waals surface area contributed by atoms with Gasteiger partial charge in [0.05, 0.1) is 18.3 Å². The van der Waals surface area contributed by atoms with Gasteiger partial charge >= 0.3 is 23.6 Å². The van der Waals surface area contributed by atoms with E-state index in [1.54, 1.807) is 0 Å². The summed E-state index contributed by atoms with van der Waals surface area (Å²) in [6.07, 6.45) is -2.15. The Kier molecular flexibility index (Phi) is 16.5. The van der Waals surface area contributed by atoms with Crippen molar-refractivity contribution in [3.8, 4) is 0 Å². The average molecular weight is 663 g/mol. The van der Waals surface area contributed by atoms with Crippen LogP contribution in [-0.4, -0.2) is 96.1 Å². The third-order valence-electron chi connectivity index (χ3n) is 4.46. The summed E-state index contributed by atoms with van der Waals surface area (Å²) in [5, 5.41) is 39.0. The van der Waals surface area contributed by atoms with Gasteiger partial charge in [0.1, 0.15) is 6.10 Å². The Morgan fingerprint density at radius 2 is 1.03 bits per heavy atom. The van der Waals surface area contributed by atoms with E-state index in [0.29, 0.717) is 6.42 Å². The fourth-order valence-corrected chi connectivity index (χ4v) is 27.7. The largest absolute Gasteiger partial charge is 0.478 e. The number of hydrogen-bond acceptors (Lipinski definition) is 9. The Bertz CT molecular complexity index is 727. The Labute approximate surface area is 244 Å². The summed E-state index contributed by atoms with van der Waals surface area (Å²) < 4.78 is 33.9. The van der Waals surface area contributed by atoms with Crippen LogP contribution >= 0.6 is 0 Å². The highest BCUT2D eigenvalue weighted by Gasteiger charge is 2.62. The first-order valence-corrected chi connectivity index (χ1v) is 31.0. The normalized spacial score (nSPS) is 16.2. The minimum absolute atomic E-state index is 0.176. The van der Waals surface area contributed by atoms with E-state index in [1.807, 2.05) is 13.5 Å². The van der Waals surface area contributed by atoms with E-state index in [2.05, 4.69) is 85.1 Å². The molecule has 10 nitrogen and oxygen atoms in total. The maximum Gasteiger partial charge on any atom is 0.478 e. The lowest BCUT2D eigenvalue weighted by Gasteiger charge is -2.49. The number of carboxylic acid groups (broad SMARTS) is 1. The summed E-state index contributed by atoms with van der Waals surface area (Å²) >= 11 is 0. The zero-order valence-electron chi connectivity index (χ0n) is 27.1.